The van der Waals surface area contributed by atoms with Crippen molar-refractivity contribution < 1.29 is 0 Å². The van der Waals surface area contributed by atoms with Gasteiger partial charge in [-0.3, -0.25) is 0 Å². The summed E-state index contributed by atoms with van der Waals surface area (Å²) in [6, 6.07) is 77.0. The number of aromatic nitrogens is 4. The van der Waals surface area contributed by atoms with E-state index in [1.54, 1.807) is 0 Å². The number of nitrogens with zero attached hydrogens (tertiary/aromatic N) is 4. The summed E-state index contributed by atoms with van der Waals surface area (Å²) in [4.78, 5) is 21.0. The van der Waals surface area contributed by atoms with Crippen LogP contribution < -0.4 is 0 Å². The number of hydrogen-bond donors (Lipinski definition) is 0. The minimum atomic E-state index is 0.633. The maximum atomic E-state index is 5.27. The van der Waals surface area contributed by atoms with Crippen LogP contribution in [0.15, 0.2) is 218 Å². The van der Waals surface area contributed by atoms with E-state index in [0.29, 0.717) is 17.5 Å². The summed E-state index contributed by atoms with van der Waals surface area (Å²) < 4.78 is 0. The summed E-state index contributed by atoms with van der Waals surface area (Å²) in [6.45, 7) is 0. The first-order valence-corrected chi connectivity index (χ1v) is 21.0. The number of fused-ring (bicyclic) bond motifs is 6. The summed E-state index contributed by atoms with van der Waals surface area (Å²) in [6.07, 6.45) is 0. The van der Waals surface area contributed by atoms with Crippen LogP contribution in [0.2, 0.25) is 0 Å². The van der Waals surface area contributed by atoms with Gasteiger partial charge in [-0.15, -0.1) is 0 Å². The number of rotatable bonds is 6. The highest BCUT2D eigenvalue weighted by Gasteiger charge is 2.19. The van der Waals surface area contributed by atoms with Gasteiger partial charge in [-0.05, 0) is 83.5 Å². The molecule has 4 nitrogen and oxygen atoms in total. The van der Waals surface area contributed by atoms with E-state index >= 15 is 0 Å². The second-order valence-corrected chi connectivity index (χ2v) is 15.7. The van der Waals surface area contributed by atoms with E-state index in [1.807, 2.05) is 0 Å². The van der Waals surface area contributed by atoms with Gasteiger partial charge < -0.3 is 0 Å². The fraction of sp³-hybridized carbons (Fsp3) is 0. The lowest BCUT2D eigenvalue weighted by atomic mass is 9.92. The predicted octanol–water partition coefficient (Wildman–Crippen LogP) is 15.0. The molecule has 0 aliphatic heterocycles. The third-order valence-electron chi connectivity index (χ3n) is 12.1. The van der Waals surface area contributed by atoms with Crippen molar-refractivity contribution in [3.05, 3.63) is 218 Å². The van der Waals surface area contributed by atoms with Gasteiger partial charge in [0.05, 0.1) is 11.2 Å². The van der Waals surface area contributed by atoms with Crippen LogP contribution in [0.3, 0.4) is 0 Å². The summed E-state index contributed by atoms with van der Waals surface area (Å²) >= 11 is 0. The normalized spacial score (nSPS) is 11.5. The van der Waals surface area contributed by atoms with Gasteiger partial charge in [0.2, 0.25) is 0 Å². The quantitative estimate of drug-likeness (QED) is 0.158. The highest BCUT2D eigenvalue weighted by atomic mass is 15.0. The maximum absolute atomic E-state index is 5.27. The summed E-state index contributed by atoms with van der Waals surface area (Å²) in [7, 11) is 0. The van der Waals surface area contributed by atoms with Crippen molar-refractivity contribution in [2.24, 2.45) is 0 Å². The molecule has 62 heavy (non-hydrogen) atoms. The Kier molecular flexibility index (Phi) is 8.46. The van der Waals surface area contributed by atoms with Crippen LogP contribution in [-0.4, -0.2) is 19.9 Å². The summed E-state index contributed by atoms with van der Waals surface area (Å²) in [5, 5.41) is 10.3. The number of benzene rings is 10. The van der Waals surface area contributed by atoms with E-state index in [-0.39, 0.29) is 0 Å². The van der Waals surface area contributed by atoms with Crippen LogP contribution in [-0.2, 0) is 0 Å². The van der Waals surface area contributed by atoms with E-state index in [2.05, 4.69) is 218 Å². The van der Waals surface area contributed by atoms with E-state index < -0.39 is 0 Å². The molecule has 0 atom stereocenters. The Morgan fingerprint density at radius 2 is 0.677 bits per heavy atom. The molecule has 12 aromatic rings. The Morgan fingerprint density at radius 1 is 0.242 bits per heavy atom. The molecule has 0 spiro atoms. The fourth-order valence-electron chi connectivity index (χ4n) is 9.14. The van der Waals surface area contributed by atoms with Gasteiger partial charge in [-0.2, -0.15) is 0 Å². The second-order valence-electron chi connectivity index (χ2n) is 15.7. The molecular weight excluding hydrogens is 753 g/mol. The van der Waals surface area contributed by atoms with Crippen molar-refractivity contribution in [3.63, 3.8) is 0 Å². The molecule has 0 bridgehead atoms. The molecule has 0 aliphatic rings. The van der Waals surface area contributed by atoms with Gasteiger partial charge in [0.15, 0.2) is 17.5 Å². The first-order chi connectivity index (χ1) is 30.7. The van der Waals surface area contributed by atoms with Crippen LogP contribution in [0.25, 0.3) is 122 Å². The lowest BCUT2D eigenvalue weighted by Crippen LogP contribution is -2.01. The maximum Gasteiger partial charge on any atom is 0.164 e. The molecule has 0 aliphatic carbocycles. The SMILES string of the molecule is c1ccc(-c2cc(-c3ccc(-c4ccc(-c5nc(-c6cccc7ccccc67)nc(-c6cccc7ccccc67)n5)c5ccccc45)cc3)nc3ccc4ccccc4c23)cc1. The molecule has 2 aromatic heterocycles. The Balaban J connectivity index is 0.988. The molecular formula is C58H36N4. The number of pyridine rings is 1. The zero-order chi connectivity index (χ0) is 41.0. The summed E-state index contributed by atoms with van der Waals surface area (Å²) in [5.74, 6) is 1.92. The minimum Gasteiger partial charge on any atom is -0.248 e. The zero-order valence-corrected chi connectivity index (χ0v) is 33.6. The molecule has 288 valence electrons. The average molecular weight is 789 g/mol. The van der Waals surface area contributed by atoms with Crippen molar-refractivity contribution >= 4 is 54.0 Å². The molecule has 0 fully saturated rings. The molecule has 12 rings (SSSR count). The molecule has 0 N–H and O–H groups in total. The Morgan fingerprint density at radius 3 is 1.29 bits per heavy atom. The van der Waals surface area contributed by atoms with Crippen molar-refractivity contribution in [1.29, 1.82) is 0 Å². The van der Waals surface area contributed by atoms with Gasteiger partial charge in [0.1, 0.15) is 0 Å². The monoisotopic (exact) mass is 788 g/mol. The molecule has 0 saturated heterocycles. The van der Waals surface area contributed by atoms with Gasteiger partial charge in [-0.1, -0.05) is 200 Å². The highest BCUT2D eigenvalue weighted by molar-refractivity contribution is 6.14. The predicted molar refractivity (Wildman–Crippen MR) is 258 cm³/mol. The van der Waals surface area contributed by atoms with Crippen molar-refractivity contribution in [2.45, 2.75) is 0 Å². The van der Waals surface area contributed by atoms with Crippen LogP contribution in [0, 0.1) is 0 Å². The summed E-state index contributed by atoms with van der Waals surface area (Å²) in [5.41, 5.74) is 10.5. The van der Waals surface area contributed by atoms with Gasteiger partial charge >= 0.3 is 0 Å². The number of hydrogen-bond acceptors (Lipinski definition) is 4. The van der Waals surface area contributed by atoms with Crippen molar-refractivity contribution in [1.82, 2.24) is 19.9 Å². The first kappa shape index (κ1) is 35.6. The fourth-order valence-corrected chi connectivity index (χ4v) is 9.14. The molecule has 0 unspecified atom stereocenters. The lowest BCUT2D eigenvalue weighted by Gasteiger charge is -2.15. The second kappa shape index (κ2) is 14.7. The third-order valence-corrected chi connectivity index (χ3v) is 12.1. The van der Waals surface area contributed by atoms with Crippen LogP contribution in [0.5, 0.6) is 0 Å². The third kappa shape index (κ3) is 6.08. The molecule has 0 radical (unpaired) electrons. The lowest BCUT2D eigenvalue weighted by molar-refractivity contribution is 1.08. The Bertz CT molecular complexity index is 3580. The smallest absolute Gasteiger partial charge is 0.164 e. The van der Waals surface area contributed by atoms with Crippen LogP contribution in [0.1, 0.15) is 0 Å². The van der Waals surface area contributed by atoms with E-state index in [1.165, 1.54) is 27.3 Å². The van der Waals surface area contributed by atoms with E-state index in [4.69, 9.17) is 19.9 Å². The van der Waals surface area contributed by atoms with Gasteiger partial charge in [0.25, 0.3) is 0 Å². The van der Waals surface area contributed by atoms with Crippen LogP contribution >= 0.6 is 0 Å². The molecule has 10 aromatic carbocycles. The molecule has 4 heteroatoms. The molecule has 0 saturated carbocycles. The largest absolute Gasteiger partial charge is 0.248 e. The van der Waals surface area contributed by atoms with E-state index in [9.17, 15) is 0 Å². The van der Waals surface area contributed by atoms with Crippen molar-refractivity contribution in [2.75, 3.05) is 0 Å². The zero-order valence-electron chi connectivity index (χ0n) is 33.6. The van der Waals surface area contributed by atoms with Crippen molar-refractivity contribution in [3.8, 4) is 67.7 Å². The topological polar surface area (TPSA) is 51.6 Å². The average Bonchev–Trinajstić information content (AvgIpc) is 3.35. The highest BCUT2D eigenvalue weighted by Crippen LogP contribution is 2.40. The van der Waals surface area contributed by atoms with Crippen LogP contribution in [0.4, 0.5) is 0 Å². The van der Waals surface area contributed by atoms with E-state index in [0.717, 1.165) is 76.9 Å². The van der Waals surface area contributed by atoms with Gasteiger partial charge in [0, 0.05) is 27.6 Å². The van der Waals surface area contributed by atoms with Gasteiger partial charge in [-0.25, -0.2) is 19.9 Å². The minimum absolute atomic E-state index is 0.633. The molecule has 0 amide bonds. The molecule has 2 heterocycles. The Hall–Kier alpha value is -8.34. The standard InChI is InChI=1S/C58H36N4/c1-2-14-39(15-3-1)52-36-54(59-53-35-32-40-18-6-9-23-46(40)55(52)53)42-30-28-41(29-31-42)45-33-34-51(48-25-11-10-24-47(45)48)58-61-56(49-26-12-19-37-16-4-7-21-43(37)49)60-57(62-58)50-27-13-20-38-17-5-8-22-44(38)50/h1-36H. The Labute approximate surface area is 358 Å². The first-order valence-electron chi connectivity index (χ1n) is 21.0.